The molecule has 6 N–H and O–H groups in total. The third kappa shape index (κ3) is 3.20. The predicted molar refractivity (Wildman–Crippen MR) is 62.9 cm³/mol. The van der Waals surface area contributed by atoms with Gasteiger partial charge in [-0.05, 0) is 30.2 Å². The summed E-state index contributed by atoms with van der Waals surface area (Å²) in [4.78, 5) is 21.3. The van der Waals surface area contributed by atoms with E-state index in [1.807, 2.05) is 5.43 Å². The Bertz CT molecular complexity index is 497. The number of benzene rings is 1. The van der Waals surface area contributed by atoms with Crippen LogP contribution in [-0.4, -0.2) is 23.3 Å². The summed E-state index contributed by atoms with van der Waals surface area (Å²) in [5.74, 6) is -1.12. The molecular formula is C10H12N4O3. The first-order valence-corrected chi connectivity index (χ1v) is 4.63. The molecule has 1 rings (SSSR count). The van der Waals surface area contributed by atoms with E-state index in [4.69, 9.17) is 16.6 Å². The number of amides is 2. The fraction of sp³-hybridized carbons (Fsp3) is 0.100. The molecule has 17 heavy (non-hydrogen) atoms. The minimum Gasteiger partial charge on any atom is -0.478 e. The fourth-order valence-corrected chi connectivity index (χ4v) is 1.25. The Balaban J connectivity index is 3.06. The molecule has 0 aliphatic rings. The molecular weight excluding hydrogens is 224 g/mol. The van der Waals surface area contributed by atoms with Crippen LogP contribution in [0.5, 0.6) is 0 Å². The number of carboxylic acid groups (broad SMARTS) is 1. The van der Waals surface area contributed by atoms with Crippen LogP contribution in [0.2, 0.25) is 0 Å². The molecule has 0 saturated heterocycles. The number of nitrogens with two attached hydrogens (primary N) is 2. The largest absolute Gasteiger partial charge is 0.478 e. The van der Waals surface area contributed by atoms with Crippen LogP contribution in [-0.2, 0) is 0 Å². The third-order valence-electron chi connectivity index (χ3n) is 2.03. The molecule has 1 aromatic rings. The van der Waals surface area contributed by atoms with Gasteiger partial charge in [0.1, 0.15) is 0 Å². The number of hydrogen-bond acceptors (Lipinski definition) is 4. The van der Waals surface area contributed by atoms with Crippen molar-refractivity contribution in [1.82, 2.24) is 5.43 Å². The van der Waals surface area contributed by atoms with Gasteiger partial charge in [-0.15, -0.1) is 0 Å². The number of rotatable bonds is 3. The number of anilines is 1. The number of nitrogens with zero attached hydrogens (tertiary/aromatic N) is 1. The topological polar surface area (TPSA) is 131 Å². The second-order valence-corrected chi connectivity index (χ2v) is 3.34. The number of primary amides is 1. The Labute approximate surface area is 97.1 Å². The van der Waals surface area contributed by atoms with Gasteiger partial charge >= 0.3 is 12.0 Å². The van der Waals surface area contributed by atoms with Crippen molar-refractivity contribution < 1.29 is 14.7 Å². The SMILES string of the molecule is Cc1cc(/C=N\NC(N)=O)cc(C(=O)O)c1N. The van der Waals surface area contributed by atoms with Gasteiger partial charge in [0.2, 0.25) is 0 Å². The Morgan fingerprint density at radius 1 is 1.47 bits per heavy atom. The Morgan fingerprint density at radius 3 is 2.65 bits per heavy atom. The summed E-state index contributed by atoms with van der Waals surface area (Å²) in [6.45, 7) is 1.68. The maximum atomic E-state index is 10.9. The molecule has 90 valence electrons. The predicted octanol–water partition coefficient (Wildman–Crippen LogP) is 0.278. The van der Waals surface area contributed by atoms with E-state index in [0.29, 0.717) is 11.1 Å². The molecule has 0 aromatic heterocycles. The molecule has 0 spiro atoms. The van der Waals surface area contributed by atoms with E-state index in [-0.39, 0.29) is 11.3 Å². The van der Waals surface area contributed by atoms with Crippen molar-refractivity contribution in [2.75, 3.05) is 5.73 Å². The minimum absolute atomic E-state index is 0.00877. The van der Waals surface area contributed by atoms with Gasteiger partial charge in [-0.3, -0.25) is 0 Å². The van der Waals surface area contributed by atoms with Crippen molar-refractivity contribution in [1.29, 1.82) is 0 Å². The van der Waals surface area contributed by atoms with Crippen LogP contribution in [0.3, 0.4) is 0 Å². The number of carbonyl (C=O) groups excluding carboxylic acids is 1. The van der Waals surface area contributed by atoms with Crippen LogP contribution in [0.25, 0.3) is 0 Å². The number of nitrogens with one attached hydrogen (secondary N) is 1. The molecule has 0 atom stereocenters. The summed E-state index contributed by atoms with van der Waals surface area (Å²) in [5.41, 5.74) is 13.7. The van der Waals surface area contributed by atoms with E-state index in [9.17, 15) is 9.59 Å². The number of hydrogen-bond donors (Lipinski definition) is 4. The van der Waals surface area contributed by atoms with Gasteiger partial charge in [0.25, 0.3) is 0 Å². The average molecular weight is 236 g/mol. The highest BCUT2D eigenvalue weighted by Crippen LogP contribution is 2.18. The Hall–Kier alpha value is -2.57. The van der Waals surface area contributed by atoms with Crippen LogP contribution in [0.1, 0.15) is 21.5 Å². The first-order valence-electron chi connectivity index (χ1n) is 4.63. The molecule has 7 heteroatoms. The quantitative estimate of drug-likeness (QED) is 0.341. The molecule has 0 saturated carbocycles. The molecule has 7 nitrogen and oxygen atoms in total. The van der Waals surface area contributed by atoms with E-state index in [1.165, 1.54) is 12.3 Å². The molecule has 0 aliphatic carbocycles. The van der Waals surface area contributed by atoms with Gasteiger partial charge in [-0.1, -0.05) is 0 Å². The van der Waals surface area contributed by atoms with Gasteiger partial charge in [-0.25, -0.2) is 15.0 Å². The van der Waals surface area contributed by atoms with Gasteiger partial charge in [0.15, 0.2) is 0 Å². The number of hydrazone groups is 1. The van der Waals surface area contributed by atoms with Gasteiger partial charge in [0, 0.05) is 5.69 Å². The highest BCUT2D eigenvalue weighted by Gasteiger charge is 2.10. The zero-order chi connectivity index (χ0) is 13.0. The summed E-state index contributed by atoms with van der Waals surface area (Å²) < 4.78 is 0. The van der Waals surface area contributed by atoms with Crippen LogP contribution < -0.4 is 16.9 Å². The molecule has 0 radical (unpaired) electrons. The van der Waals surface area contributed by atoms with Crippen molar-refractivity contribution in [3.63, 3.8) is 0 Å². The first-order chi connectivity index (χ1) is 7.91. The second kappa shape index (κ2) is 4.97. The van der Waals surface area contributed by atoms with Gasteiger partial charge < -0.3 is 16.6 Å². The molecule has 0 bridgehead atoms. The van der Waals surface area contributed by atoms with Crippen molar-refractivity contribution in [3.8, 4) is 0 Å². The lowest BCUT2D eigenvalue weighted by molar-refractivity contribution is 0.0698. The zero-order valence-electron chi connectivity index (χ0n) is 9.10. The smallest absolute Gasteiger partial charge is 0.337 e. The maximum Gasteiger partial charge on any atom is 0.337 e. The van der Waals surface area contributed by atoms with Crippen LogP contribution in [0.15, 0.2) is 17.2 Å². The van der Waals surface area contributed by atoms with Crippen molar-refractivity contribution in [3.05, 3.63) is 28.8 Å². The van der Waals surface area contributed by atoms with E-state index < -0.39 is 12.0 Å². The number of urea groups is 1. The highest BCUT2D eigenvalue weighted by atomic mass is 16.4. The van der Waals surface area contributed by atoms with Crippen LogP contribution in [0.4, 0.5) is 10.5 Å². The molecule has 0 fully saturated rings. The summed E-state index contributed by atoms with van der Waals surface area (Å²) in [5, 5.41) is 12.4. The molecule has 1 aromatic carbocycles. The lowest BCUT2D eigenvalue weighted by Gasteiger charge is -2.06. The number of carbonyl (C=O) groups is 2. The zero-order valence-corrected chi connectivity index (χ0v) is 9.10. The molecule has 0 heterocycles. The average Bonchev–Trinajstić information content (AvgIpc) is 2.22. The summed E-state index contributed by atoms with van der Waals surface area (Å²) in [6, 6.07) is 2.21. The monoisotopic (exact) mass is 236 g/mol. The lowest BCUT2D eigenvalue weighted by Crippen LogP contribution is -2.24. The van der Waals surface area contributed by atoms with E-state index in [1.54, 1.807) is 13.0 Å². The second-order valence-electron chi connectivity index (χ2n) is 3.34. The Morgan fingerprint density at radius 2 is 2.12 bits per heavy atom. The summed E-state index contributed by atoms with van der Waals surface area (Å²) in [7, 11) is 0. The van der Waals surface area contributed by atoms with Crippen molar-refractivity contribution in [2.24, 2.45) is 10.8 Å². The molecule has 2 amide bonds. The number of aryl methyl sites for hydroxylation is 1. The van der Waals surface area contributed by atoms with E-state index in [0.717, 1.165) is 0 Å². The van der Waals surface area contributed by atoms with Gasteiger partial charge in [-0.2, -0.15) is 5.10 Å². The Kier molecular flexibility index (Phi) is 3.66. The van der Waals surface area contributed by atoms with E-state index in [2.05, 4.69) is 5.10 Å². The van der Waals surface area contributed by atoms with Crippen LogP contribution in [0, 0.1) is 6.92 Å². The first kappa shape index (κ1) is 12.5. The highest BCUT2D eigenvalue weighted by molar-refractivity contribution is 5.97. The third-order valence-corrected chi connectivity index (χ3v) is 2.03. The molecule has 0 unspecified atom stereocenters. The number of carboxylic acids is 1. The molecule has 0 aliphatic heterocycles. The minimum atomic E-state index is -1.12. The van der Waals surface area contributed by atoms with Gasteiger partial charge in [0.05, 0.1) is 11.8 Å². The fourth-order valence-electron chi connectivity index (χ4n) is 1.25. The maximum absolute atomic E-state index is 10.9. The number of nitrogen functional groups attached to an aromatic ring is 1. The van der Waals surface area contributed by atoms with Crippen LogP contribution >= 0.6 is 0 Å². The number of aromatic carboxylic acids is 1. The van der Waals surface area contributed by atoms with Crippen molar-refractivity contribution in [2.45, 2.75) is 6.92 Å². The van der Waals surface area contributed by atoms with E-state index >= 15 is 0 Å². The summed E-state index contributed by atoms with van der Waals surface area (Å²) >= 11 is 0. The normalized spacial score (nSPS) is 10.4. The standard InChI is InChI=1S/C10H12N4O3/c1-5-2-6(4-13-14-10(12)17)3-7(8(5)11)9(15)16/h2-4H,11H2,1H3,(H,15,16)(H3,12,14,17)/b13-4-. The van der Waals surface area contributed by atoms with Crippen molar-refractivity contribution >= 4 is 23.9 Å². The summed E-state index contributed by atoms with van der Waals surface area (Å²) in [6.07, 6.45) is 1.28. The lowest BCUT2D eigenvalue weighted by atomic mass is 10.0.